The van der Waals surface area contributed by atoms with Gasteiger partial charge in [-0.15, -0.1) is 0 Å². The Labute approximate surface area is 112 Å². The van der Waals surface area contributed by atoms with E-state index in [9.17, 15) is 8.42 Å². The van der Waals surface area contributed by atoms with E-state index in [1.807, 2.05) is 6.07 Å². The third-order valence-corrected chi connectivity index (χ3v) is 4.96. The van der Waals surface area contributed by atoms with Gasteiger partial charge in [0.25, 0.3) is 10.2 Å². The highest BCUT2D eigenvalue weighted by molar-refractivity contribution is 7.87. The number of hydrogen-bond donors (Lipinski definition) is 2. The maximum Gasteiger partial charge on any atom is 0.279 e. The summed E-state index contributed by atoms with van der Waals surface area (Å²) in [6, 6.07) is 1.94. The Morgan fingerprint density at radius 1 is 1.42 bits per heavy atom. The number of nitrogens with one attached hydrogen (secondary N) is 2. The first-order valence-electron chi connectivity index (χ1n) is 6.52. The van der Waals surface area contributed by atoms with Gasteiger partial charge in [0.15, 0.2) is 0 Å². The van der Waals surface area contributed by atoms with Crippen molar-refractivity contribution in [3.63, 3.8) is 0 Å². The Morgan fingerprint density at radius 3 is 2.84 bits per heavy atom. The van der Waals surface area contributed by atoms with Crippen LogP contribution in [-0.4, -0.2) is 49.2 Å². The lowest BCUT2D eigenvalue weighted by molar-refractivity contribution is 0.0724. The number of rotatable bonds is 5. The molecule has 3 rings (SSSR count). The Bertz CT molecular complexity index is 532. The molecule has 0 radical (unpaired) electrons. The van der Waals surface area contributed by atoms with Crippen molar-refractivity contribution in [3.8, 4) is 0 Å². The second-order valence-electron chi connectivity index (χ2n) is 4.93. The van der Waals surface area contributed by atoms with Crippen molar-refractivity contribution in [2.24, 2.45) is 0 Å². The highest BCUT2D eigenvalue weighted by Gasteiger charge is 2.27. The summed E-state index contributed by atoms with van der Waals surface area (Å²) >= 11 is 0. The van der Waals surface area contributed by atoms with Gasteiger partial charge in [-0.25, -0.2) is 0 Å². The summed E-state index contributed by atoms with van der Waals surface area (Å²) in [6.45, 7) is 1.98. The number of ether oxygens (including phenoxy) is 1. The maximum atomic E-state index is 12.0. The first-order chi connectivity index (χ1) is 9.15. The molecule has 19 heavy (non-hydrogen) atoms. The minimum Gasteiger partial charge on any atom is -0.379 e. The molecule has 0 spiro atoms. The van der Waals surface area contributed by atoms with Crippen LogP contribution in [0, 0.1) is 0 Å². The largest absolute Gasteiger partial charge is 0.379 e. The first kappa shape index (κ1) is 13.0. The zero-order valence-corrected chi connectivity index (χ0v) is 11.4. The molecule has 0 unspecified atom stereocenters. The van der Waals surface area contributed by atoms with Gasteiger partial charge in [0.1, 0.15) is 0 Å². The molecule has 7 nitrogen and oxygen atoms in total. The molecule has 0 amide bonds. The highest BCUT2D eigenvalue weighted by Crippen LogP contribution is 2.38. The molecule has 1 aliphatic carbocycles. The van der Waals surface area contributed by atoms with Crippen LogP contribution in [0.3, 0.4) is 0 Å². The predicted octanol–water partition coefficient (Wildman–Crippen LogP) is -0.0463. The standard InChI is InChI=1S/C11H18N4O3S/c16-19(17,15-3-5-18-6-4-15)12-8-10-7-11(14-13-10)9-1-2-9/h7,9,12H,1-6,8H2,(H,13,14). The predicted molar refractivity (Wildman–Crippen MR) is 68.7 cm³/mol. The number of hydrogen-bond acceptors (Lipinski definition) is 4. The molecule has 2 heterocycles. The Morgan fingerprint density at radius 2 is 2.16 bits per heavy atom. The SMILES string of the molecule is O=S(=O)(NCc1cc(C2CC2)n[nH]1)N1CCOCC1. The Balaban J connectivity index is 1.57. The molecule has 8 heteroatoms. The molecule has 2 N–H and O–H groups in total. The smallest absolute Gasteiger partial charge is 0.279 e. The van der Waals surface area contributed by atoms with E-state index in [4.69, 9.17) is 4.74 Å². The molecule has 1 aromatic rings. The molecule has 0 aromatic carbocycles. The molecule has 0 bridgehead atoms. The second-order valence-corrected chi connectivity index (χ2v) is 6.69. The molecular weight excluding hydrogens is 268 g/mol. The van der Waals surface area contributed by atoms with Crippen molar-refractivity contribution < 1.29 is 13.2 Å². The zero-order chi connectivity index (χ0) is 13.3. The van der Waals surface area contributed by atoms with Crippen molar-refractivity contribution in [1.29, 1.82) is 0 Å². The minimum absolute atomic E-state index is 0.249. The molecule has 1 aliphatic heterocycles. The van der Waals surface area contributed by atoms with Crippen molar-refractivity contribution in [2.75, 3.05) is 26.3 Å². The molecule has 1 saturated carbocycles. The Kier molecular flexibility index (Phi) is 3.57. The van der Waals surface area contributed by atoms with E-state index < -0.39 is 10.2 Å². The molecule has 0 atom stereocenters. The van der Waals surface area contributed by atoms with Gasteiger partial charge in [-0.2, -0.15) is 22.5 Å². The van der Waals surface area contributed by atoms with Crippen molar-refractivity contribution in [1.82, 2.24) is 19.2 Å². The zero-order valence-electron chi connectivity index (χ0n) is 10.6. The van der Waals surface area contributed by atoms with E-state index in [1.165, 1.54) is 17.1 Å². The van der Waals surface area contributed by atoms with Crippen LogP contribution in [0.25, 0.3) is 0 Å². The van der Waals surface area contributed by atoms with Gasteiger partial charge in [-0.05, 0) is 18.9 Å². The number of nitrogens with zero attached hydrogens (tertiary/aromatic N) is 2. The molecule has 1 saturated heterocycles. The molecule has 1 aromatic heterocycles. The van der Waals surface area contributed by atoms with E-state index in [1.54, 1.807) is 0 Å². The van der Waals surface area contributed by atoms with E-state index in [-0.39, 0.29) is 6.54 Å². The van der Waals surface area contributed by atoms with E-state index >= 15 is 0 Å². The summed E-state index contributed by atoms with van der Waals surface area (Å²) < 4.78 is 33.2. The van der Waals surface area contributed by atoms with E-state index in [2.05, 4.69) is 14.9 Å². The molecule has 2 fully saturated rings. The average Bonchev–Trinajstić information content (AvgIpc) is 3.17. The number of aromatic amines is 1. The number of H-pyrrole nitrogens is 1. The van der Waals surface area contributed by atoms with Gasteiger partial charge in [0.05, 0.1) is 31.1 Å². The third kappa shape index (κ3) is 3.14. The molecule has 106 valence electrons. The van der Waals surface area contributed by atoms with Crippen molar-refractivity contribution >= 4 is 10.2 Å². The topological polar surface area (TPSA) is 87.3 Å². The van der Waals surface area contributed by atoms with Crippen molar-refractivity contribution in [2.45, 2.75) is 25.3 Å². The second kappa shape index (κ2) is 5.20. The number of morpholine rings is 1. The average molecular weight is 286 g/mol. The van der Waals surface area contributed by atoms with Crippen LogP contribution >= 0.6 is 0 Å². The fraction of sp³-hybridized carbons (Fsp3) is 0.727. The molecular formula is C11H18N4O3S. The van der Waals surface area contributed by atoms with Crippen LogP contribution in [-0.2, 0) is 21.5 Å². The first-order valence-corrected chi connectivity index (χ1v) is 7.96. The normalized spacial score (nSPS) is 21.7. The third-order valence-electron chi connectivity index (χ3n) is 3.40. The van der Waals surface area contributed by atoms with Crippen LogP contribution in [0.15, 0.2) is 6.07 Å². The Hall–Kier alpha value is -0.960. The lowest BCUT2D eigenvalue weighted by atomic mass is 10.3. The van der Waals surface area contributed by atoms with Gasteiger partial charge < -0.3 is 4.74 Å². The van der Waals surface area contributed by atoms with Crippen LogP contribution in [0.2, 0.25) is 0 Å². The highest BCUT2D eigenvalue weighted by atomic mass is 32.2. The summed E-state index contributed by atoms with van der Waals surface area (Å²) in [5.41, 5.74) is 1.85. The van der Waals surface area contributed by atoms with Crippen LogP contribution in [0.1, 0.15) is 30.1 Å². The van der Waals surface area contributed by atoms with Gasteiger partial charge in [0, 0.05) is 19.0 Å². The lowest BCUT2D eigenvalue weighted by Gasteiger charge is -2.25. The maximum absolute atomic E-state index is 12.0. The van der Waals surface area contributed by atoms with E-state index in [0.717, 1.165) is 11.4 Å². The fourth-order valence-corrected chi connectivity index (χ4v) is 3.26. The van der Waals surface area contributed by atoms with Gasteiger partial charge in [-0.1, -0.05) is 0 Å². The monoisotopic (exact) mass is 286 g/mol. The summed E-state index contributed by atoms with van der Waals surface area (Å²) in [5.74, 6) is 0.570. The van der Waals surface area contributed by atoms with E-state index in [0.29, 0.717) is 32.2 Å². The van der Waals surface area contributed by atoms with Crippen LogP contribution < -0.4 is 4.72 Å². The van der Waals surface area contributed by atoms with Gasteiger partial charge in [-0.3, -0.25) is 5.10 Å². The lowest BCUT2D eigenvalue weighted by Crippen LogP contribution is -2.46. The summed E-state index contributed by atoms with van der Waals surface area (Å²) in [4.78, 5) is 0. The summed E-state index contributed by atoms with van der Waals surface area (Å²) in [7, 11) is -3.42. The van der Waals surface area contributed by atoms with Crippen molar-refractivity contribution in [3.05, 3.63) is 17.5 Å². The number of aromatic nitrogens is 2. The van der Waals surface area contributed by atoms with Gasteiger partial charge in [0.2, 0.25) is 0 Å². The van der Waals surface area contributed by atoms with Gasteiger partial charge >= 0.3 is 0 Å². The summed E-state index contributed by atoms with van der Waals surface area (Å²) in [5, 5.41) is 7.08. The molecule has 2 aliphatic rings. The fourth-order valence-electron chi connectivity index (χ4n) is 2.11. The van der Waals surface area contributed by atoms with Crippen LogP contribution in [0.4, 0.5) is 0 Å². The summed E-state index contributed by atoms with van der Waals surface area (Å²) in [6.07, 6.45) is 2.37. The van der Waals surface area contributed by atoms with Crippen LogP contribution in [0.5, 0.6) is 0 Å². The quantitative estimate of drug-likeness (QED) is 0.794. The minimum atomic E-state index is -3.42.